The van der Waals surface area contributed by atoms with Gasteiger partial charge in [-0.1, -0.05) is 0 Å². The van der Waals surface area contributed by atoms with Crippen LogP contribution in [-0.2, 0) is 19.2 Å². The van der Waals surface area contributed by atoms with Gasteiger partial charge in [0.15, 0.2) is 0 Å². The highest BCUT2D eigenvalue weighted by Crippen LogP contribution is 2.19. The van der Waals surface area contributed by atoms with Crippen molar-refractivity contribution in [2.75, 3.05) is 39.5 Å². The second kappa shape index (κ2) is 10.8. The van der Waals surface area contributed by atoms with Crippen molar-refractivity contribution in [2.45, 2.75) is 19.9 Å². The van der Waals surface area contributed by atoms with Crippen molar-refractivity contribution < 1.29 is 44.7 Å². The average Bonchev–Trinajstić information content (AvgIpc) is 2.63. The van der Waals surface area contributed by atoms with Crippen molar-refractivity contribution in [3.05, 3.63) is 0 Å². The number of carbonyl (C=O) groups excluding carboxylic acids is 3. The van der Waals surface area contributed by atoms with E-state index in [0.717, 1.165) is 0 Å². The lowest BCUT2D eigenvalue weighted by molar-refractivity contribution is -0.146. The molecule has 0 aliphatic rings. The van der Waals surface area contributed by atoms with Crippen molar-refractivity contribution in [1.29, 1.82) is 0 Å². The number of rotatable bonds is 12. The van der Waals surface area contributed by atoms with Gasteiger partial charge in [0.05, 0.1) is 26.4 Å². The van der Waals surface area contributed by atoms with Crippen LogP contribution in [-0.4, -0.2) is 94.8 Å². The fourth-order valence-corrected chi connectivity index (χ4v) is 1.91. The Kier molecular flexibility index (Phi) is 9.86. The van der Waals surface area contributed by atoms with Crippen LogP contribution in [0.3, 0.4) is 0 Å². The highest BCUT2D eigenvalue weighted by atomic mass is 16.4. The summed E-state index contributed by atoms with van der Waals surface area (Å²) >= 11 is 0. The van der Waals surface area contributed by atoms with Crippen LogP contribution in [0.25, 0.3) is 0 Å². The Bertz CT molecular complexity index is 545. The number of carboxylic acid groups (broad SMARTS) is 1. The van der Waals surface area contributed by atoms with Gasteiger partial charge in [0.2, 0.25) is 17.7 Å². The van der Waals surface area contributed by atoms with Gasteiger partial charge in [0.1, 0.15) is 16.9 Å². The summed E-state index contributed by atoms with van der Waals surface area (Å²) in [5.41, 5.74) is -3.74. The van der Waals surface area contributed by atoms with Crippen LogP contribution in [0.2, 0.25) is 0 Å². The van der Waals surface area contributed by atoms with Gasteiger partial charge in [0, 0.05) is 20.0 Å². The zero-order chi connectivity index (χ0) is 21.3. The number of carbonyl (C=O) groups is 4. The van der Waals surface area contributed by atoms with E-state index in [2.05, 4.69) is 16.0 Å². The van der Waals surface area contributed by atoms with Gasteiger partial charge < -0.3 is 41.5 Å². The Labute approximate surface area is 155 Å². The molecule has 0 fully saturated rings. The van der Waals surface area contributed by atoms with Gasteiger partial charge >= 0.3 is 5.97 Å². The number of aliphatic carboxylic acids is 1. The topological polar surface area (TPSA) is 206 Å². The second-order valence-electron chi connectivity index (χ2n) is 6.32. The zero-order valence-corrected chi connectivity index (χ0v) is 15.2. The molecule has 3 amide bonds. The molecular weight excluding hydrogens is 366 g/mol. The van der Waals surface area contributed by atoms with Crippen molar-refractivity contribution in [3.63, 3.8) is 0 Å². The van der Waals surface area contributed by atoms with E-state index in [1.807, 2.05) is 0 Å². The summed E-state index contributed by atoms with van der Waals surface area (Å²) in [4.78, 5) is 46.5. The molecule has 0 aromatic carbocycles. The first-order valence-corrected chi connectivity index (χ1v) is 8.04. The Balaban J connectivity index is 5.30. The van der Waals surface area contributed by atoms with Gasteiger partial charge in [-0.2, -0.15) is 0 Å². The molecular formula is C15H27N3O9. The van der Waals surface area contributed by atoms with Gasteiger partial charge in [-0.05, 0) is 6.92 Å². The van der Waals surface area contributed by atoms with Crippen LogP contribution in [0.1, 0.15) is 13.8 Å². The predicted molar refractivity (Wildman–Crippen MR) is 90.1 cm³/mol. The van der Waals surface area contributed by atoms with Gasteiger partial charge in [-0.25, -0.2) is 0 Å². The van der Waals surface area contributed by atoms with E-state index in [4.69, 9.17) is 5.11 Å². The fraction of sp³-hybridized carbons (Fsp3) is 0.733. The fourth-order valence-electron chi connectivity index (χ4n) is 1.91. The molecule has 0 aliphatic heterocycles. The van der Waals surface area contributed by atoms with E-state index in [-0.39, 0.29) is 0 Å². The molecule has 27 heavy (non-hydrogen) atoms. The van der Waals surface area contributed by atoms with Crippen molar-refractivity contribution in [1.82, 2.24) is 16.0 Å². The van der Waals surface area contributed by atoms with Crippen molar-refractivity contribution >= 4 is 23.7 Å². The van der Waals surface area contributed by atoms with Crippen LogP contribution in [0, 0.1) is 10.8 Å². The Morgan fingerprint density at radius 3 is 1.59 bits per heavy atom. The maximum Gasteiger partial charge on any atom is 0.325 e. The third-order valence-corrected chi connectivity index (χ3v) is 4.16. The number of aliphatic hydroxyl groups is 4. The lowest BCUT2D eigenvalue weighted by atomic mass is 9.85. The number of nitrogens with one attached hydrogen (secondary N) is 3. The molecule has 0 rings (SSSR count). The van der Waals surface area contributed by atoms with E-state index >= 15 is 0 Å². The normalized spacial score (nSPS) is 12.8. The largest absolute Gasteiger partial charge is 0.480 e. The van der Waals surface area contributed by atoms with E-state index < -0.39 is 80.1 Å². The van der Waals surface area contributed by atoms with Crippen LogP contribution in [0.15, 0.2) is 0 Å². The maximum atomic E-state index is 12.4. The minimum absolute atomic E-state index is 0.394. The van der Waals surface area contributed by atoms with Crippen molar-refractivity contribution in [2.24, 2.45) is 10.8 Å². The first-order chi connectivity index (χ1) is 12.5. The lowest BCUT2D eigenvalue weighted by Crippen LogP contribution is -2.59. The molecule has 0 bridgehead atoms. The summed E-state index contributed by atoms with van der Waals surface area (Å²) in [7, 11) is 0. The molecule has 12 nitrogen and oxygen atoms in total. The first kappa shape index (κ1) is 24.7. The Morgan fingerprint density at radius 2 is 1.22 bits per heavy atom. The quantitative estimate of drug-likeness (QED) is 0.161. The Hall–Kier alpha value is -2.28. The van der Waals surface area contributed by atoms with Crippen LogP contribution < -0.4 is 16.0 Å². The van der Waals surface area contributed by atoms with Gasteiger partial charge in [-0.15, -0.1) is 0 Å². The SMILES string of the molecule is CC(=O)NCC(CO)(CO)C(=O)NCC(CO)(CO)C(=O)N[C@@H](C)C(=O)O. The molecule has 0 spiro atoms. The van der Waals surface area contributed by atoms with E-state index in [1.54, 1.807) is 0 Å². The molecule has 0 aliphatic carbocycles. The predicted octanol–water partition coefficient (Wildman–Crippen LogP) is -4.23. The summed E-state index contributed by atoms with van der Waals surface area (Å²) in [5.74, 6) is -3.79. The molecule has 1 atom stereocenters. The number of hydrogen-bond acceptors (Lipinski definition) is 8. The average molecular weight is 393 g/mol. The molecule has 0 aromatic rings. The molecule has 0 aromatic heterocycles. The summed E-state index contributed by atoms with van der Waals surface area (Å²) in [6.45, 7) is -2.15. The van der Waals surface area contributed by atoms with Gasteiger partial charge in [0.25, 0.3) is 0 Å². The molecule has 12 heteroatoms. The molecule has 0 heterocycles. The number of amides is 3. The van der Waals surface area contributed by atoms with E-state index in [0.29, 0.717) is 0 Å². The zero-order valence-electron chi connectivity index (χ0n) is 15.2. The highest BCUT2D eigenvalue weighted by molar-refractivity contribution is 5.89. The Morgan fingerprint density at radius 1 is 0.815 bits per heavy atom. The van der Waals surface area contributed by atoms with Crippen LogP contribution in [0.4, 0.5) is 0 Å². The molecule has 0 saturated carbocycles. The molecule has 0 radical (unpaired) electrons. The third-order valence-electron chi connectivity index (χ3n) is 4.16. The monoisotopic (exact) mass is 393 g/mol. The maximum absolute atomic E-state index is 12.4. The molecule has 0 unspecified atom stereocenters. The minimum atomic E-state index is -1.94. The second-order valence-corrected chi connectivity index (χ2v) is 6.32. The van der Waals surface area contributed by atoms with Crippen LogP contribution >= 0.6 is 0 Å². The standard InChI is InChI=1S/C15H27N3O9/c1-9(11(24)25)18-13(27)15(7-21,8-22)4-17-12(26)14(5-19,6-20)3-16-10(2)23/h9,19-22H,3-8H2,1-2H3,(H,16,23)(H,17,26)(H,18,27)(H,24,25)/t9-/m0/s1. The van der Waals surface area contributed by atoms with Crippen LogP contribution in [0.5, 0.6) is 0 Å². The van der Waals surface area contributed by atoms with E-state index in [9.17, 15) is 39.6 Å². The van der Waals surface area contributed by atoms with E-state index in [1.165, 1.54) is 13.8 Å². The summed E-state index contributed by atoms with van der Waals surface area (Å²) in [6.07, 6.45) is 0. The van der Waals surface area contributed by atoms with Gasteiger partial charge in [-0.3, -0.25) is 19.2 Å². The highest BCUT2D eigenvalue weighted by Gasteiger charge is 2.42. The third kappa shape index (κ3) is 6.43. The number of hydrogen-bond donors (Lipinski definition) is 8. The number of aliphatic hydroxyl groups excluding tert-OH is 4. The van der Waals surface area contributed by atoms with Crippen molar-refractivity contribution in [3.8, 4) is 0 Å². The first-order valence-electron chi connectivity index (χ1n) is 8.04. The number of carboxylic acids is 1. The molecule has 8 N–H and O–H groups in total. The summed E-state index contributed by atoms with van der Waals surface area (Å²) in [6, 6.07) is -1.31. The summed E-state index contributed by atoms with van der Waals surface area (Å²) in [5, 5.41) is 53.5. The summed E-state index contributed by atoms with van der Waals surface area (Å²) < 4.78 is 0. The smallest absolute Gasteiger partial charge is 0.325 e. The molecule has 156 valence electrons. The lowest BCUT2D eigenvalue weighted by Gasteiger charge is -2.33. The minimum Gasteiger partial charge on any atom is -0.480 e. The molecule has 0 saturated heterocycles.